The van der Waals surface area contributed by atoms with Gasteiger partial charge in [0.15, 0.2) is 0 Å². The summed E-state index contributed by atoms with van der Waals surface area (Å²) in [5.41, 5.74) is 2.78. The van der Waals surface area contributed by atoms with Crippen LogP contribution in [0.15, 0.2) is 24.3 Å². The molecule has 1 aromatic rings. The van der Waals surface area contributed by atoms with E-state index in [1.165, 1.54) is 17.5 Å². The van der Waals surface area contributed by atoms with Crippen molar-refractivity contribution in [3.8, 4) is 0 Å². The minimum atomic E-state index is 0.552. The zero-order valence-electron chi connectivity index (χ0n) is 10.6. The lowest BCUT2D eigenvalue weighted by atomic mass is 10.0. The largest absolute Gasteiger partial charge is 0.383 e. The standard InChI is InChI=1S/C14H23NO/c1-12-5-4-6-14(11-12)8-7-13(2)15-9-10-16-3/h4-6,11,13,15H,7-10H2,1-3H3. The van der Waals surface area contributed by atoms with Gasteiger partial charge in [-0.3, -0.25) is 0 Å². The SMILES string of the molecule is COCCNC(C)CCc1cccc(C)c1. The molecule has 1 aromatic carbocycles. The Kier molecular flexibility index (Phi) is 6.12. The Morgan fingerprint density at radius 2 is 2.19 bits per heavy atom. The smallest absolute Gasteiger partial charge is 0.0587 e. The third-order valence-corrected chi connectivity index (χ3v) is 2.75. The molecule has 0 saturated heterocycles. The molecule has 0 saturated carbocycles. The van der Waals surface area contributed by atoms with Gasteiger partial charge in [0.05, 0.1) is 6.61 Å². The summed E-state index contributed by atoms with van der Waals surface area (Å²) in [7, 11) is 1.74. The lowest BCUT2D eigenvalue weighted by molar-refractivity contribution is 0.196. The summed E-state index contributed by atoms with van der Waals surface area (Å²) < 4.78 is 5.01. The van der Waals surface area contributed by atoms with Crippen molar-refractivity contribution in [3.05, 3.63) is 35.4 Å². The molecule has 1 rings (SSSR count). The monoisotopic (exact) mass is 221 g/mol. The van der Waals surface area contributed by atoms with E-state index in [1.54, 1.807) is 7.11 Å². The number of methoxy groups -OCH3 is 1. The number of aryl methyl sites for hydroxylation is 2. The highest BCUT2D eigenvalue weighted by molar-refractivity contribution is 5.22. The zero-order chi connectivity index (χ0) is 11.8. The van der Waals surface area contributed by atoms with E-state index in [0.717, 1.165) is 19.6 Å². The van der Waals surface area contributed by atoms with Crippen molar-refractivity contribution in [2.45, 2.75) is 32.7 Å². The number of nitrogens with one attached hydrogen (secondary N) is 1. The van der Waals surface area contributed by atoms with E-state index in [9.17, 15) is 0 Å². The van der Waals surface area contributed by atoms with Gasteiger partial charge in [-0.1, -0.05) is 29.8 Å². The van der Waals surface area contributed by atoms with E-state index < -0.39 is 0 Å². The highest BCUT2D eigenvalue weighted by Gasteiger charge is 2.01. The maximum atomic E-state index is 5.01. The van der Waals surface area contributed by atoms with Gasteiger partial charge in [0.1, 0.15) is 0 Å². The van der Waals surface area contributed by atoms with E-state index in [0.29, 0.717) is 6.04 Å². The molecule has 2 nitrogen and oxygen atoms in total. The molecule has 0 radical (unpaired) electrons. The lowest BCUT2D eigenvalue weighted by Crippen LogP contribution is -2.29. The minimum absolute atomic E-state index is 0.552. The van der Waals surface area contributed by atoms with Crippen LogP contribution in [-0.4, -0.2) is 26.3 Å². The van der Waals surface area contributed by atoms with Crippen molar-refractivity contribution in [1.29, 1.82) is 0 Å². The molecule has 1 N–H and O–H groups in total. The Labute approximate surface area is 99.0 Å². The Hall–Kier alpha value is -0.860. The predicted molar refractivity (Wildman–Crippen MR) is 68.8 cm³/mol. The van der Waals surface area contributed by atoms with E-state index in [2.05, 4.69) is 43.4 Å². The number of benzene rings is 1. The summed E-state index contributed by atoms with van der Waals surface area (Å²) in [6.45, 7) is 6.09. The fraction of sp³-hybridized carbons (Fsp3) is 0.571. The fourth-order valence-electron chi connectivity index (χ4n) is 1.76. The normalized spacial score (nSPS) is 12.7. The maximum Gasteiger partial charge on any atom is 0.0587 e. The van der Waals surface area contributed by atoms with Crippen LogP contribution in [0.25, 0.3) is 0 Å². The summed E-state index contributed by atoms with van der Waals surface area (Å²) in [5.74, 6) is 0. The van der Waals surface area contributed by atoms with Crippen molar-refractivity contribution in [1.82, 2.24) is 5.32 Å². The molecule has 0 amide bonds. The topological polar surface area (TPSA) is 21.3 Å². The third kappa shape index (κ3) is 5.29. The molecule has 1 unspecified atom stereocenters. The molecular formula is C14H23NO. The molecule has 0 heterocycles. The minimum Gasteiger partial charge on any atom is -0.383 e. The maximum absolute atomic E-state index is 5.01. The van der Waals surface area contributed by atoms with Crippen LogP contribution in [0.5, 0.6) is 0 Å². The Morgan fingerprint density at radius 3 is 2.88 bits per heavy atom. The first-order valence-corrected chi connectivity index (χ1v) is 6.00. The van der Waals surface area contributed by atoms with Crippen LogP contribution in [0.2, 0.25) is 0 Å². The molecule has 0 spiro atoms. The Balaban J connectivity index is 2.23. The van der Waals surface area contributed by atoms with Crippen LogP contribution in [0.4, 0.5) is 0 Å². The molecule has 0 aliphatic rings. The predicted octanol–water partition coefficient (Wildman–Crippen LogP) is 2.55. The van der Waals surface area contributed by atoms with Crippen LogP contribution < -0.4 is 5.32 Å². The number of rotatable bonds is 7. The fourth-order valence-corrected chi connectivity index (χ4v) is 1.76. The molecule has 0 aliphatic carbocycles. The number of hydrogen-bond acceptors (Lipinski definition) is 2. The van der Waals surface area contributed by atoms with Crippen molar-refractivity contribution in [2.75, 3.05) is 20.3 Å². The summed E-state index contributed by atoms with van der Waals surface area (Å²) in [6, 6.07) is 9.30. The zero-order valence-corrected chi connectivity index (χ0v) is 10.6. The summed E-state index contributed by atoms with van der Waals surface area (Å²) in [5, 5.41) is 3.44. The van der Waals surface area contributed by atoms with Gasteiger partial charge in [-0.05, 0) is 32.3 Å². The van der Waals surface area contributed by atoms with Gasteiger partial charge in [0.2, 0.25) is 0 Å². The first-order chi connectivity index (χ1) is 7.72. The Bertz CT molecular complexity index is 299. The number of hydrogen-bond donors (Lipinski definition) is 1. The summed E-state index contributed by atoms with van der Waals surface area (Å²) >= 11 is 0. The second kappa shape index (κ2) is 7.42. The average molecular weight is 221 g/mol. The van der Waals surface area contributed by atoms with Crippen molar-refractivity contribution in [2.24, 2.45) is 0 Å². The molecule has 2 heteroatoms. The van der Waals surface area contributed by atoms with Crippen molar-refractivity contribution >= 4 is 0 Å². The van der Waals surface area contributed by atoms with Gasteiger partial charge < -0.3 is 10.1 Å². The van der Waals surface area contributed by atoms with E-state index in [4.69, 9.17) is 4.74 Å². The lowest BCUT2D eigenvalue weighted by Gasteiger charge is -2.13. The van der Waals surface area contributed by atoms with Crippen LogP contribution >= 0.6 is 0 Å². The van der Waals surface area contributed by atoms with Crippen LogP contribution in [0.3, 0.4) is 0 Å². The van der Waals surface area contributed by atoms with Crippen LogP contribution in [0.1, 0.15) is 24.5 Å². The first kappa shape index (κ1) is 13.2. The highest BCUT2D eigenvalue weighted by atomic mass is 16.5. The van der Waals surface area contributed by atoms with Gasteiger partial charge in [-0.25, -0.2) is 0 Å². The quantitative estimate of drug-likeness (QED) is 0.714. The van der Waals surface area contributed by atoms with Gasteiger partial charge in [0.25, 0.3) is 0 Å². The molecule has 0 fully saturated rings. The van der Waals surface area contributed by atoms with Gasteiger partial charge in [0, 0.05) is 19.7 Å². The van der Waals surface area contributed by atoms with Crippen molar-refractivity contribution in [3.63, 3.8) is 0 Å². The molecule has 1 atom stereocenters. The molecule has 90 valence electrons. The van der Waals surface area contributed by atoms with Crippen LogP contribution in [-0.2, 0) is 11.2 Å². The van der Waals surface area contributed by atoms with E-state index >= 15 is 0 Å². The van der Waals surface area contributed by atoms with Gasteiger partial charge in [-0.15, -0.1) is 0 Å². The molecular weight excluding hydrogens is 198 g/mol. The highest BCUT2D eigenvalue weighted by Crippen LogP contribution is 2.07. The van der Waals surface area contributed by atoms with Crippen LogP contribution in [0, 0.1) is 6.92 Å². The molecule has 16 heavy (non-hydrogen) atoms. The second-order valence-corrected chi connectivity index (χ2v) is 4.38. The van der Waals surface area contributed by atoms with Crippen molar-refractivity contribution < 1.29 is 4.74 Å². The van der Waals surface area contributed by atoms with Gasteiger partial charge >= 0.3 is 0 Å². The summed E-state index contributed by atoms with van der Waals surface area (Å²) in [4.78, 5) is 0. The third-order valence-electron chi connectivity index (χ3n) is 2.75. The molecule has 0 aliphatic heterocycles. The first-order valence-electron chi connectivity index (χ1n) is 6.00. The van der Waals surface area contributed by atoms with E-state index in [-0.39, 0.29) is 0 Å². The second-order valence-electron chi connectivity index (χ2n) is 4.38. The number of ether oxygens (including phenoxy) is 1. The molecule has 0 aromatic heterocycles. The molecule has 0 bridgehead atoms. The average Bonchev–Trinajstić information content (AvgIpc) is 2.27. The van der Waals surface area contributed by atoms with Gasteiger partial charge in [-0.2, -0.15) is 0 Å². The van der Waals surface area contributed by atoms with E-state index in [1.807, 2.05) is 0 Å². The summed E-state index contributed by atoms with van der Waals surface area (Å²) in [6.07, 6.45) is 2.32. The Morgan fingerprint density at radius 1 is 1.38 bits per heavy atom.